The van der Waals surface area contributed by atoms with Gasteiger partial charge in [-0.2, -0.15) is 0 Å². The highest BCUT2D eigenvalue weighted by Gasteiger charge is 1.98. The Morgan fingerprint density at radius 2 is 1.56 bits per heavy atom. The van der Waals surface area contributed by atoms with E-state index in [1.54, 1.807) is 21.6 Å². The molecule has 1 rings (SSSR count). The van der Waals surface area contributed by atoms with Crippen molar-refractivity contribution in [2.45, 2.75) is 51.4 Å². The number of hydrogen-bond donors (Lipinski definition) is 0. The van der Waals surface area contributed by atoms with Gasteiger partial charge >= 0.3 is 0 Å². The third-order valence-electron chi connectivity index (χ3n) is 2.80. The molecule has 0 radical (unpaired) electrons. The quantitative estimate of drug-likeness (QED) is 0.247. The lowest BCUT2D eigenvalue weighted by Gasteiger charge is -2.08. The van der Waals surface area contributed by atoms with Gasteiger partial charge in [0.2, 0.25) is 0 Å². The molecule has 0 fully saturated rings. The van der Waals surface area contributed by atoms with Gasteiger partial charge in [-0.1, -0.05) is 76.0 Å². The Kier molecular flexibility index (Phi) is 11.5. The summed E-state index contributed by atoms with van der Waals surface area (Å²) in [5.74, 6) is 1.02. The standard InChI is InChI=1S/C14H23BrOS2/c15-10-7-5-3-1-2-4-6-8-11-16-14-9-12-17-18-13-14/h9,12-13H,1-8,10-11H2. The number of unbranched alkanes of at least 4 members (excludes halogenated alkanes) is 7. The zero-order valence-corrected chi connectivity index (χ0v) is 14.1. The zero-order chi connectivity index (χ0) is 12.9. The summed E-state index contributed by atoms with van der Waals surface area (Å²) in [6, 6.07) is 0. The minimum atomic E-state index is 0.866. The van der Waals surface area contributed by atoms with Gasteiger partial charge in [-0.25, -0.2) is 0 Å². The van der Waals surface area contributed by atoms with Crippen molar-refractivity contribution in [3.05, 3.63) is 22.7 Å². The third kappa shape index (κ3) is 9.40. The van der Waals surface area contributed by atoms with Crippen molar-refractivity contribution in [3.63, 3.8) is 0 Å². The van der Waals surface area contributed by atoms with Gasteiger partial charge in [-0.05, 0) is 24.3 Å². The Morgan fingerprint density at radius 3 is 2.17 bits per heavy atom. The molecule has 0 saturated heterocycles. The van der Waals surface area contributed by atoms with E-state index in [2.05, 4.69) is 26.7 Å². The zero-order valence-electron chi connectivity index (χ0n) is 10.9. The fraction of sp³-hybridized carbons (Fsp3) is 0.714. The van der Waals surface area contributed by atoms with E-state index < -0.39 is 0 Å². The largest absolute Gasteiger partial charge is 0.493 e. The van der Waals surface area contributed by atoms with Crippen LogP contribution in [0.5, 0.6) is 0 Å². The summed E-state index contributed by atoms with van der Waals surface area (Å²) in [6.45, 7) is 0.866. The first kappa shape index (κ1) is 16.5. The van der Waals surface area contributed by atoms with E-state index in [4.69, 9.17) is 4.74 Å². The van der Waals surface area contributed by atoms with Crippen molar-refractivity contribution in [2.75, 3.05) is 11.9 Å². The van der Waals surface area contributed by atoms with Crippen LogP contribution in [0.15, 0.2) is 22.7 Å². The van der Waals surface area contributed by atoms with Crippen LogP contribution in [-0.4, -0.2) is 11.9 Å². The summed E-state index contributed by atoms with van der Waals surface area (Å²) in [5, 5.41) is 5.31. The molecule has 4 heteroatoms. The fourth-order valence-electron chi connectivity index (χ4n) is 1.77. The van der Waals surface area contributed by atoms with Crippen molar-refractivity contribution >= 4 is 37.5 Å². The van der Waals surface area contributed by atoms with Gasteiger partial charge in [-0.3, -0.25) is 0 Å². The fourth-order valence-corrected chi connectivity index (χ4v) is 3.53. The lowest BCUT2D eigenvalue weighted by molar-refractivity contribution is 0.217. The molecule has 0 spiro atoms. The number of halogens is 1. The van der Waals surface area contributed by atoms with Crippen LogP contribution in [0, 0.1) is 0 Å². The van der Waals surface area contributed by atoms with Gasteiger partial charge in [0.25, 0.3) is 0 Å². The lowest BCUT2D eigenvalue weighted by Crippen LogP contribution is -1.93. The summed E-state index contributed by atoms with van der Waals surface area (Å²) >= 11 is 3.47. The van der Waals surface area contributed by atoms with E-state index in [9.17, 15) is 0 Å². The molecule has 0 amide bonds. The summed E-state index contributed by atoms with van der Waals surface area (Å²) < 4.78 is 5.68. The van der Waals surface area contributed by atoms with Crippen molar-refractivity contribution in [3.8, 4) is 0 Å². The number of alkyl halides is 1. The second-order valence-corrected chi connectivity index (χ2v) is 7.22. The topological polar surface area (TPSA) is 9.23 Å². The van der Waals surface area contributed by atoms with E-state index >= 15 is 0 Å². The molecule has 0 N–H and O–H groups in total. The number of rotatable bonds is 11. The number of hydrogen-bond acceptors (Lipinski definition) is 3. The SMILES string of the molecule is BrCCCCCCCCCCOC1=CSSC=C1. The maximum atomic E-state index is 5.68. The Labute approximate surface area is 128 Å². The average Bonchev–Trinajstić information content (AvgIpc) is 2.42. The van der Waals surface area contributed by atoms with E-state index in [0.29, 0.717) is 0 Å². The van der Waals surface area contributed by atoms with Crippen molar-refractivity contribution in [1.29, 1.82) is 0 Å². The van der Waals surface area contributed by atoms with Gasteiger partial charge in [0.15, 0.2) is 0 Å². The van der Waals surface area contributed by atoms with Gasteiger partial charge in [0.1, 0.15) is 5.76 Å². The first-order valence-electron chi connectivity index (χ1n) is 6.81. The molecule has 1 heterocycles. The molecule has 1 aliphatic rings. The van der Waals surface area contributed by atoms with Gasteiger partial charge in [-0.15, -0.1) is 0 Å². The molecule has 18 heavy (non-hydrogen) atoms. The Balaban J connectivity index is 1.78. The molecular weight excluding hydrogens is 328 g/mol. The Morgan fingerprint density at radius 1 is 0.889 bits per heavy atom. The van der Waals surface area contributed by atoms with E-state index in [0.717, 1.165) is 17.7 Å². The molecule has 0 aliphatic carbocycles. The maximum absolute atomic E-state index is 5.68. The van der Waals surface area contributed by atoms with Crippen LogP contribution >= 0.6 is 37.5 Å². The van der Waals surface area contributed by atoms with Crippen molar-refractivity contribution in [1.82, 2.24) is 0 Å². The molecule has 0 aromatic carbocycles. The molecule has 1 aliphatic heterocycles. The highest BCUT2D eigenvalue weighted by Crippen LogP contribution is 2.30. The van der Waals surface area contributed by atoms with Crippen LogP contribution in [-0.2, 0) is 4.74 Å². The molecule has 0 aromatic heterocycles. The second-order valence-electron chi connectivity index (χ2n) is 4.38. The Bertz CT molecular complexity index is 254. The van der Waals surface area contributed by atoms with Crippen LogP contribution in [0.4, 0.5) is 0 Å². The number of ether oxygens (including phenoxy) is 1. The molecule has 0 saturated carbocycles. The third-order valence-corrected chi connectivity index (χ3v) is 5.01. The molecule has 0 atom stereocenters. The smallest absolute Gasteiger partial charge is 0.126 e. The molecular formula is C14H23BrOS2. The number of allylic oxidation sites excluding steroid dienone is 1. The summed E-state index contributed by atoms with van der Waals surface area (Å²) in [5.41, 5.74) is 0. The van der Waals surface area contributed by atoms with Gasteiger partial charge in [0.05, 0.1) is 6.61 Å². The Hall–Kier alpha value is 0.460. The average molecular weight is 351 g/mol. The van der Waals surface area contributed by atoms with Crippen LogP contribution < -0.4 is 0 Å². The molecule has 0 unspecified atom stereocenters. The molecule has 0 aromatic rings. The predicted octanol–water partition coefficient (Wildman–Crippen LogP) is 6.27. The van der Waals surface area contributed by atoms with Gasteiger partial charge in [0, 0.05) is 10.7 Å². The molecule has 1 nitrogen and oxygen atoms in total. The summed E-state index contributed by atoms with van der Waals surface area (Å²) in [4.78, 5) is 0. The maximum Gasteiger partial charge on any atom is 0.126 e. The molecule has 0 bridgehead atoms. The van der Waals surface area contributed by atoms with E-state index in [-0.39, 0.29) is 0 Å². The van der Waals surface area contributed by atoms with Crippen LogP contribution in [0.2, 0.25) is 0 Å². The van der Waals surface area contributed by atoms with E-state index in [1.165, 1.54) is 51.4 Å². The first-order chi connectivity index (χ1) is 8.93. The summed E-state index contributed by atoms with van der Waals surface area (Å²) in [6.07, 6.45) is 12.8. The highest BCUT2D eigenvalue weighted by molar-refractivity contribution is 9.09. The first-order valence-corrected chi connectivity index (χ1v) is 10.2. The second kappa shape index (κ2) is 12.5. The predicted molar refractivity (Wildman–Crippen MR) is 89.1 cm³/mol. The molecule has 104 valence electrons. The normalized spacial score (nSPS) is 14.6. The van der Waals surface area contributed by atoms with Crippen LogP contribution in [0.25, 0.3) is 0 Å². The van der Waals surface area contributed by atoms with Crippen LogP contribution in [0.1, 0.15) is 51.4 Å². The minimum Gasteiger partial charge on any atom is -0.493 e. The highest BCUT2D eigenvalue weighted by atomic mass is 79.9. The lowest BCUT2D eigenvalue weighted by atomic mass is 10.1. The monoisotopic (exact) mass is 350 g/mol. The van der Waals surface area contributed by atoms with Gasteiger partial charge < -0.3 is 4.74 Å². The minimum absolute atomic E-state index is 0.866. The van der Waals surface area contributed by atoms with E-state index in [1.807, 2.05) is 6.08 Å². The van der Waals surface area contributed by atoms with Crippen LogP contribution in [0.3, 0.4) is 0 Å². The summed E-state index contributed by atoms with van der Waals surface area (Å²) in [7, 11) is 3.46. The van der Waals surface area contributed by atoms with Crippen molar-refractivity contribution in [2.24, 2.45) is 0 Å². The van der Waals surface area contributed by atoms with Crippen molar-refractivity contribution < 1.29 is 4.74 Å².